The molecule has 1 aliphatic carbocycles. The van der Waals surface area contributed by atoms with Gasteiger partial charge in [0.2, 0.25) is 23.6 Å². The van der Waals surface area contributed by atoms with Crippen LogP contribution in [-0.2, 0) is 19.2 Å². The first-order chi connectivity index (χ1) is 29.2. The summed E-state index contributed by atoms with van der Waals surface area (Å²) in [4.78, 5) is 58.2. The van der Waals surface area contributed by atoms with Crippen LogP contribution in [0.5, 0.6) is 11.5 Å². The Balaban J connectivity index is 0.000000216. The monoisotopic (exact) mass is 858 g/mol. The number of carbonyl (C=O) groups excluding carboxylic acids is 4. The minimum atomic E-state index is -0.382. The van der Waals surface area contributed by atoms with E-state index < -0.39 is 0 Å². The van der Waals surface area contributed by atoms with Crippen LogP contribution in [0, 0.1) is 23.2 Å². The smallest absolute Gasteiger partial charge is 0.242 e. The molecule has 61 heavy (non-hydrogen) atoms. The SMILES string of the molecule is C=CC(C)C(C)C(=O)NSC1CC1.CNC(=O)[C@@H]1CCCN1C(=O)C(CCCC(C)(C)C)CC(=O)N1CCCCC1.COc1ccc2c(OC)cc(-c3ccccc3)nc2c1. The number of amides is 4. The van der Waals surface area contributed by atoms with Gasteiger partial charge in [-0.2, -0.15) is 0 Å². The summed E-state index contributed by atoms with van der Waals surface area (Å²) in [5, 5.41) is 4.33. The quantitative estimate of drug-likeness (QED) is 0.114. The summed E-state index contributed by atoms with van der Waals surface area (Å²) in [5.41, 5.74) is 3.03. The minimum Gasteiger partial charge on any atom is -0.497 e. The Morgan fingerprint density at radius 3 is 2.25 bits per heavy atom. The highest BCUT2D eigenvalue weighted by atomic mass is 32.2. The predicted octanol–water partition coefficient (Wildman–Crippen LogP) is 9.25. The number of allylic oxidation sites excluding steroid dienone is 1. The van der Waals surface area contributed by atoms with Gasteiger partial charge in [0.25, 0.3) is 0 Å². The zero-order valence-corrected chi connectivity index (χ0v) is 38.8. The number of hydrogen-bond acceptors (Lipinski definition) is 8. The number of likely N-dealkylation sites (tertiary alicyclic amines) is 2. The molecule has 6 rings (SSSR count). The van der Waals surface area contributed by atoms with Crippen LogP contribution in [0.15, 0.2) is 67.3 Å². The van der Waals surface area contributed by atoms with Crippen molar-refractivity contribution < 1.29 is 28.7 Å². The van der Waals surface area contributed by atoms with Gasteiger partial charge in [0, 0.05) is 73.3 Å². The maximum absolute atomic E-state index is 13.3. The fourth-order valence-corrected chi connectivity index (χ4v) is 8.31. The van der Waals surface area contributed by atoms with E-state index in [-0.39, 0.29) is 59.3 Å². The molecule has 334 valence electrons. The van der Waals surface area contributed by atoms with Crippen LogP contribution < -0.4 is 19.5 Å². The zero-order valence-electron chi connectivity index (χ0n) is 38.0. The number of hydrogen-bond donors (Lipinski definition) is 2. The fourth-order valence-electron chi connectivity index (χ4n) is 7.47. The lowest BCUT2D eigenvalue weighted by molar-refractivity contribution is -0.145. The van der Waals surface area contributed by atoms with Gasteiger partial charge in [0.05, 0.1) is 25.4 Å². The first kappa shape index (κ1) is 49.1. The van der Waals surface area contributed by atoms with Crippen LogP contribution >= 0.6 is 11.9 Å². The number of nitrogens with zero attached hydrogens (tertiary/aromatic N) is 3. The van der Waals surface area contributed by atoms with Gasteiger partial charge >= 0.3 is 0 Å². The molecule has 4 amide bonds. The molecule has 0 radical (unpaired) electrons. The van der Waals surface area contributed by atoms with E-state index >= 15 is 0 Å². The minimum absolute atomic E-state index is 0.00892. The summed E-state index contributed by atoms with van der Waals surface area (Å²) in [6.45, 7) is 16.5. The van der Waals surface area contributed by atoms with Crippen LogP contribution in [-0.4, -0.2) is 90.6 Å². The van der Waals surface area contributed by atoms with E-state index in [2.05, 4.69) is 37.4 Å². The van der Waals surface area contributed by atoms with E-state index in [0.717, 1.165) is 78.9 Å². The highest BCUT2D eigenvalue weighted by Gasteiger charge is 2.38. The molecule has 2 N–H and O–H groups in total. The summed E-state index contributed by atoms with van der Waals surface area (Å²) < 4.78 is 13.6. The Labute approximate surface area is 369 Å². The molecule has 3 heterocycles. The largest absolute Gasteiger partial charge is 0.497 e. The van der Waals surface area contributed by atoms with Crippen molar-refractivity contribution in [3.05, 3.63) is 67.3 Å². The molecule has 12 heteroatoms. The third kappa shape index (κ3) is 15.4. The second kappa shape index (κ2) is 24.2. The van der Waals surface area contributed by atoms with Crippen molar-refractivity contribution >= 4 is 46.5 Å². The number of fused-ring (bicyclic) bond motifs is 1. The average molecular weight is 858 g/mol. The van der Waals surface area contributed by atoms with E-state index in [0.29, 0.717) is 24.6 Å². The lowest BCUT2D eigenvalue weighted by atomic mass is 9.86. The van der Waals surface area contributed by atoms with Gasteiger partial charge in [-0.3, -0.25) is 23.9 Å². The molecule has 1 saturated carbocycles. The van der Waals surface area contributed by atoms with Crippen molar-refractivity contribution in [2.75, 3.05) is 40.9 Å². The number of piperidine rings is 1. The van der Waals surface area contributed by atoms with E-state index in [4.69, 9.17) is 14.5 Å². The van der Waals surface area contributed by atoms with Crippen molar-refractivity contribution in [3.63, 3.8) is 0 Å². The molecule has 2 aliphatic heterocycles. The number of aromatic nitrogens is 1. The number of carbonyl (C=O) groups is 4. The van der Waals surface area contributed by atoms with Gasteiger partial charge in [-0.1, -0.05) is 77.4 Å². The molecule has 1 aromatic heterocycles. The van der Waals surface area contributed by atoms with Crippen LogP contribution in [0.4, 0.5) is 0 Å². The van der Waals surface area contributed by atoms with Crippen LogP contribution in [0.1, 0.15) is 105 Å². The number of rotatable bonds is 15. The summed E-state index contributed by atoms with van der Waals surface area (Å²) in [6, 6.07) is 17.4. The van der Waals surface area contributed by atoms with Crippen molar-refractivity contribution in [1.82, 2.24) is 24.8 Å². The maximum atomic E-state index is 13.3. The maximum Gasteiger partial charge on any atom is 0.242 e. The van der Waals surface area contributed by atoms with Gasteiger partial charge in [0.1, 0.15) is 17.5 Å². The van der Waals surface area contributed by atoms with Crippen molar-refractivity contribution in [1.29, 1.82) is 0 Å². The van der Waals surface area contributed by atoms with Crippen LogP contribution in [0.3, 0.4) is 0 Å². The van der Waals surface area contributed by atoms with Gasteiger partial charge in [-0.25, -0.2) is 4.98 Å². The molecule has 3 unspecified atom stereocenters. The zero-order chi connectivity index (χ0) is 44.5. The van der Waals surface area contributed by atoms with Crippen LogP contribution in [0.25, 0.3) is 22.2 Å². The van der Waals surface area contributed by atoms with Crippen molar-refractivity contribution in [2.24, 2.45) is 23.2 Å². The first-order valence-electron chi connectivity index (χ1n) is 22.2. The molecule has 0 bridgehead atoms. The first-order valence-corrected chi connectivity index (χ1v) is 23.0. The average Bonchev–Trinajstić information content (AvgIpc) is 3.99. The second-order valence-corrected chi connectivity index (χ2v) is 18.8. The van der Waals surface area contributed by atoms with Gasteiger partial charge in [-0.15, -0.1) is 6.58 Å². The molecular formula is C49H71N5O6S. The standard InChI is InChI=1S/C22H39N3O3.C17H15NO2.C10H17NOS/c1-22(2,3)12-8-10-17(16-19(26)24-13-6-5-7-14-24)21(28)25-15-9-11-18(25)20(27)23-4;1-19-13-8-9-14-16(10-13)18-15(11-17(14)20-2)12-6-4-3-5-7-12;1-4-7(2)8(3)10(12)11-13-9-5-6-9/h17-18H,5-16H2,1-4H3,(H,23,27);3-11H,1-2H3;4,7-9H,1,5-6H2,2-3H3,(H,11,12)/t17?,18-;;/m0../s1. The molecule has 3 aliphatic rings. The normalized spacial score (nSPS) is 17.7. The highest BCUT2D eigenvalue weighted by molar-refractivity contribution is 7.98. The summed E-state index contributed by atoms with van der Waals surface area (Å²) in [6.07, 6.45) is 12.1. The lowest BCUT2D eigenvalue weighted by Crippen LogP contribution is -2.48. The highest BCUT2D eigenvalue weighted by Crippen LogP contribution is 2.33. The van der Waals surface area contributed by atoms with Gasteiger partial charge < -0.3 is 24.6 Å². The number of likely N-dealkylation sites (N-methyl/N-ethyl adjacent to an activating group) is 1. The van der Waals surface area contributed by atoms with E-state index in [1.165, 1.54) is 19.3 Å². The molecular weight excluding hydrogens is 787 g/mol. The van der Waals surface area contributed by atoms with E-state index in [9.17, 15) is 19.2 Å². The van der Waals surface area contributed by atoms with Crippen LogP contribution in [0.2, 0.25) is 0 Å². The lowest BCUT2D eigenvalue weighted by Gasteiger charge is -2.31. The molecule has 0 spiro atoms. The topological polar surface area (TPSA) is 130 Å². The third-order valence-corrected chi connectivity index (χ3v) is 12.9. The Bertz CT molecular complexity index is 1890. The molecule has 3 aromatic rings. The van der Waals surface area contributed by atoms with E-state index in [1.807, 2.05) is 79.4 Å². The predicted molar refractivity (Wildman–Crippen MR) is 248 cm³/mol. The summed E-state index contributed by atoms with van der Waals surface area (Å²) in [7, 11) is 4.94. The Hall–Kier alpha value is -4.58. The summed E-state index contributed by atoms with van der Waals surface area (Å²) >= 11 is 1.57. The third-order valence-electron chi connectivity index (χ3n) is 11.7. The molecule has 2 aromatic carbocycles. The fraction of sp³-hybridized carbons (Fsp3) is 0.571. The number of ether oxygens (including phenoxy) is 2. The Kier molecular flexibility index (Phi) is 19.4. The number of methoxy groups -OCH3 is 2. The summed E-state index contributed by atoms with van der Waals surface area (Å²) in [5.74, 6) is 1.69. The van der Waals surface area contributed by atoms with Crippen molar-refractivity contribution in [3.8, 4) is 22.8 Å². The van der Waals surface area contributed by atoms with Gasteiger partial charge in [-0.05, 0) is 93.2 Å². The Morgan fingerprint density at radius 2 is 1.64 bits per heavy atom. The number of nitrogens with one attached hydrogen (secondary N) is 2. The van der Waals surface area contributed by atoms with Crippen molar-refractivity contribution in [2.45, 2.75) is 117 Å². The molecule has 11 nitrogen and oxygen atoms in total. The number of benzene rings is 2. The number of pyridine rings is 1. The van der Waals surface area contributed by atoms with E-state index in [1.54, 1.807) is 38.1 Å². The Morgan fingerprint density at radius 1 is 0.934 bits per heavy atom. The molecule has 2 saturated heterocycles. The molecule has 3 fully saturated rings. The molecule has 4 atom stereocenters. The van der Waals surface area contributed by atoms with Gasteiger partial charge in [0.15, 0.2) is 0 Å². The second-order valence-electron chi connectivity index (χ2n) is 17.7.